The van der Waals surface area contributed by atoms with E-state index in [2.05, 4.69) is 19.2 Å². The van der Waals surface area contributed by atoms with E-state index in [0.29, 0.717) is 13.2 Å². The molecule has 2 aliphatic heterocycles. The fraction of sp³-hybridized carbons (Fsp3) is 0.625. The van der Waals surface area contributed by atoms with Gasteiger partial charge in [-0.05, 0) is 31.0 Å². The fourth-order valence-corrected chi connectivity index (χ4v) is 4.38. The van der Waals surface area contributed by atoms with Gasteiger partial charge in [0.25, 0.3) is 0 Å². The molecule has 5 heteroatoms. The van der Waals surface area contributed by atoms with Crippen LogP contribution in [0.3, 0.4) is 0 Å². The molecule has 3 unspecified atom stereocenters. The second-order valence-corrected chi connectivity index (χ2v) is 7.58. The summed E-state index contributed by atoms with van der Waals surface area (Å²) < 4.78 is 24.1. The Morgan fingerprint density at radius 2 is 2.00 bits per heavy atom. The molecule has 116 valence electrons. The topological polar surface area (TPSA) is 47.6 Å². The Bertz CT molecular complexity index is 547. The highest BCUT2D eigenvalue weighted by Crippen LogP contribution is 2.41. The zero-order valence-electron chi connectivity index (χ0n) is 12.7. The van der Waals surface area contributed by atoms with Gasteiger partial charge in [-0.3, -0.25) is 4.21 Å². The molecule has 2 aliphatic rings. The molecule has 0 saturated carbocycles. The maximum absolute atomic E-state index is 12.6. The van der Waals surface area contributed by atoms with Crippen LogP contribution in [0.15, 0.2) is 17.0 Å². The summed E-state index contributed by atoms with van der Waals surface area (Å²) in [6.45, 7) is 6.52. The molecule has 1 aromatic carbocycles. The predicted molar refractivity (Wildman–Crippen MR) is 83.6 cm³/mol. The molecule has 0 fully saturated rings. The molecule has 0 radical (unpaired) electrons. The smallest absolute Gasteiger partial charge is 0.162 e. The normalized spacial score (nSPS) is 27.8. The molecule has 3 atom stereocenters. The number of hydrogen-bond donors (Lipinski definition) is 1. The minimum Gasteiger partial charge on any atom is -0.490 e. The Balaban J connectivity index is 2.01. The van der Waals surface area contributed by atoms with Crippen molar-refractivity contribution in [3.63, 3.8) is 0 Å². The van der Waals surface area contributed by atoms with Crippen molar-refractivity contribution in [3.05, 3.63) is 17.7 Å². The molecule has 0 spiro atoms. The van der Waals surface area contributed by atoms with Crippen LogP contribution >= 0.6 is 0 Å². The van der Waals surface area contributed by atoms with Gasteiger partial charge in [0, 0.05) is 28.7 Å². The van der Waals surface area contributed by atoms with Gasteiger partial charge in [-0.1, -0.05) is 13.8 Å². The van der Waals surface area contributed by atoms with Crippen molar-refractivity contribution in [1.82, 2.24) is 5.32 Å². The first-order valence-corrected chi connectivity index (χ1v) is 8.99. The summed E-state index contributed by atoms with van der Waals surface area (Å²) in [6, 6.07) is 4.22. The van der Waals surface area contributed by atoms with Crippen LogP contribution < -0.4 is 14.8 Å². The summed E-state index contributed by atoms with van der Waals surface area (Å²) >= 11 is 0. The summed E-state index contributed by atoms with van der Waals surface area (Å²) in [7, 11) is -0.965. The molecule has 0 amide bonds. The van der Waals surface area contributed by atoms with E-state index in [0.717, 1.165) is 47.8 Å². The largest absolute Gasteiger partial charge is 0.490 e. The maximum Gasteiger partial charge on any atom is 0.162 e. The van der Waals surface area contributed by atoms with Crippen LogP contribution in [0.2, 0.25) is 0 Å². The van der Waals surface area contributed by atoms with Gasteiger partial charge in [-0.15, -0.1) is 0 Å². The standard InChI is InChI=1S/C16H23NO3S/c1-3-5-17-13-8-11(2)21(18)16-10-15-14(9-12(13)16)19-6-4-7-20-15/h9-11,13,17H,3-8H2,1-2H3. The van der Waals surface area contributed by atoms with Crippen LogP contribution in [0, 0.1) is 0 Å². The molecule has 0 saturated heterocycles. The molecule has 0 aromatic heterocycles. The highest BCUT2D eigenvalue weighted by Gasteiger charge is 2.32. The van der Waals surface area contributed by atoms with Gasteiger partial charge in [-0.25, -0.2) is 0 Å². The van der Waals surface area contributed by atoms with E-state index >= 15 is 0 Å². The third-order valence-corrected chi connectivity index (χ3v) is 5.76. The van der Waals surface area contributed by atoms with E-state index in [4.69, 9.17) is 9.47 Å². The second-order valence-electron chi connectivity index (χ2n) is 5.74. The summed E-state index contributed by atoms with van der Waals surface area (Å²) in [5, 5.41) is 3.73. The first-order valence-electron chi connectivity index (χ1n) is 7.78. The first-order chi connectivity index (χ1) is 10.2. The molecule has 0 aliphatic carbocycles. The van der Waals surface area contributed by atoms with E-state index in [9.17, 15) is 4.21 Å². The van der Waals surface area contributed by atoms with Crippen LogP contribution in [-0.4, -0.2) is 29.2 Å². The molecular formula is C16H23NO3S. The molecule has 3 rings (SSSR count). The predicted octanol–water partition coefficient (Wildman–Crippen LogP) is 2.79. The maximum atomic E-state index is 12.6. The van der Waals surface area contributed by atoms with Crippen molar-refractivity contribution in [2.75, 3.05) is 19.8 Å². The lowest BCUT2D eigenvalue weighted by Crippen LogP contribution is -2.32. The van der Waals surface area contributed by atoms with E-state index in [1.165, 1.54) is 0 Å². The summed E-state index contributed by atoms with van der Waals surface area (Å²) in [5.74, 6) is 1.53. The van der Waals surface area contributed by atoms with Crippen molar-refractivity contribution in [3.8, 4) is 11.5 Å². The van der Waals surface area contributed by atoms with Crippen LogP contribution in [0.4, 0.5) is 0 Å². The van der Waals surface area contributed by atoms with Gasteiger partial charge < -0.3 is 14.8 Å². The Hall–Kier alpha value is -1.07. The number of fused-ring (bicyclic) bond motifs is 2. The summed E-state index contributed by atoms with van der Waals surface area (Å²) in [5.41, 5.74) is 1.11. The molecule has 0 bridgehead atoms. The Morgan fingerprint density at radius 3 is 2.71 bits per heavy atom. The minimum atomic E-state index is -0.965. The lowest BCUT2D eigenvalue weighted by molar-refractivity contribution is 0.296. The SMILES string of the molecule is CCCNC1CC(C)S(=O)c2cc3c(cc21)OCCCO3. The number of ether oxygens (including phenoxy) is 2. The van der Waals surface area contributed by atoms with Gasteiger partial charge in [0.05, 0.1) is 24.0 Å². The lowest BCUT2D eigenvalue weighted by Gasteiger charge is -2.30. The average molecular weight is 309 g/mol. The van der Waals surface area contributed by atoms with E-state index in [-0.39, 0.29) is 11.3 Å². The molecular weight excluding hydrogens is 286 g/mol. The quantitative estimate of drug-likeness (QED) is 0.933. The van der Waals surface area contributed by atoms with Gasteiger partial charge >= 0.3 is 0 Å². The van der Waals surface area contributed by atoms with Crippen molar-refractivity contribution in [2.45, 2.75) is 49.3 Å². The Morgan fingerprint density at radius 1 is 1.29 bits per heavy atom. The number of nitrogens with one attached hydrogen (secondary N) is 1. The zero-order chi connectivity index (χ0) is 14.8. The van der Waals surface area contributed by atoms with Gasteiger partial charge in [-0.2, -0.15) is 0 Å². The van der Waals surface area contributed by atoms with Crippen LogP contribution in [0.1, 0.15) is 44.7 Å². The summed E-state index contributed by atoms with van der Waals surface area (Å²) in [4.78, 5) is 0.909. The molecule has 2 heterocycles. The van der Waals surface area contributed by atoms with E-state index in [1.54, 1.807) is 0 Å². The van der Waals surface area contributed by atoms with E-state index < -0.39 is 10.8 Å². The van der Waals surface area contributed by atoms with Crippen LogP contribution in [0.25, 0.3) is 0 Å². The number of benzene rings is 1. The molecule has 1 aromatic rings. The van der Waals surface area contributed by atoms with Crippen LogP contribution in [-0.2, 0) is 10.8 Å². The third kappa shape index (κ3) is 2.94. The second kappa shape index (κ2) is 6.36. The van der Waals surface area contributed by atoms with Gasteiger partial charge in [0.2, 0.25) is 0 Å². The van der Waals surface area contributed by atoms with Gasteiger partial charge in [0.1, 0.15) is 0 Å². The number of rotatable bonds is 3. The Kier molecular flexibility index (Phi) is 4.50. The molecule has 4 nitrogen and oxygen atoms in total. The monoisotopic (exact) mass is 309 g/mol. The van der Waals surface area contributed by atoms with E-state index in [1.807, 2.05) is 12.1 Å². The van der Waals surface area contributed by atoms with Crippen molar-refractivity contribution in [1.29, 1.82) is 0 Å². The van der Waals surface area contributed by atoms with Crippen molar-refractivity contribution < 1.29 is 13.7 Å². The minimum absolute atomic E-state index is 0.164. The lowest BCUT2D eigenvalue weighted by atomic mass is 10.0. The Labute approximate surface area is 128 Å². The van der Waals surface area contributed by atoms with Crippen molar-refractivity contribution in [2.24, 2.45) is 0 Å². The van der Waals surface area contributed by atoms with Crippen LogP contribution in [0.5, 0.6) is 11.5 Å². The van der Waals surface area contributed by atoms with Crippen molar-refractivity contribution >= 4 is 10.8 Å². The zero-order valence-corrected chi connectivity index (χ0v) is 13.5. The number of hydrogen-bond acceptors (Lipinski definition) is 4. The van der Waals surface area contributed by atoms with Gasteiger partial charge in [0.15, 0.2) is 11.5 Å². The fourth-order valence-electron chi connectivity index (χ4n) is 2.93. The first kappa shape index (κ1) is 14.9. The highest BCUT2D eigenvalue weighted by atomic mass is 32.2. The molecule has 1 N–H and O–H groups in total. The summed E-state index contributed by atoms with van der Waals surface area (Å²) in [6.07, 6.45) is 2.88. The highest BCUT2D eigenvalue weighted by molar-refractivity contribution is 7.85. The average Bonchev–Trinajstić information content (AvgIpc) is 2.72. The third-order valence-electron chi connectivity index (χ3n) is 4.05. The molecule has 21 heavy (non-hydrogen) atoms.